The minimum Gasteiger partial charge on any atom is -0.383 e. The van der Waals surface area contributed by atoms with Gasteiger partial charge in [-0.25, -0.2) is 0 Å². The summed E-state index contributed by atoms with van der Waals surface area (Å²) in [5.74, 6) is 0. The maximum atomic E-state index is 5.68. The molecule has 1 aliphatic heterocycles. The van der Waals surface area contributed by atoms with Gasteiger partial charge in [0.05, 0.1) is 13.2 Å². The molecule has 0 aromatic heterocycles. The Morgan fingerprint density at radius 3 is 2.83 bits per heavy atom. The molecule has 0 saturated carbocycles. The molecule has 1 aliphatic rings. The van der Waals surface area contributed by atoms with Gasteiger partial charge in [0.15, 0.2) is 0 Å². The Bertz CT molecular complexity index is 212. The number of hydrogen-bond acceptors (Lipinski definition) is 4. The van der Waals surface area contributed by atoms with Crippen LogP contribution in [0.1, 0.15) is 33.6 Å². The summed E-state index contributed by atoms with van der Waals surface area (Å²) in [7, 11) is 1.77. The smallest absolute Gasteiger partial charge is 0.0637 e. The zero-order valence-corrected chi connectivity index (χ0v) is 12.4. The lowest BCUT2D eigenvalue weighted by molar-refractivity contribution is -0.0222. The summed E-state index contributed by atoms with van der Waals surface area (Å²) in [4.78, 5) is 2.51. The number of nitrogens with zero attached hydrogens (tertiary/aromatic N) is 1. The van der Waals surface area contributed by atoms with E-state index in [1.165, 1.54) is 6.42 Å². The van der Waals surface area contributed by atoms with Crippen LogP contribution in [0.15, 0.2) is 0 Å². The number of methoxy groups -OCH3 is 1. The molecule has 1 N–H and O–H groups in total. The van der Waals surface area contributed by atoms with E-state index >= 15 is 0 Å². The molecule has 1 saturated heterocycles. The molecule has 2 unspecified atom stereocenters. The molecule has 0 bridgehead atoms. The van der Waals surface area contributed by atoms with Gasteiger partial charge in [0, 0.05) is 38.4 Å². The van der Waals surface area contributed by atoms with Crippen molar-refractivity contribution >= 4 is 0 Å². The maximum absolute atomic E-state index is 5.68. The summed E-state index contributed by atoms with van der Waals surface area (Å²) < 4.78 is 10.9. The minimum atomic E-state index is 0.473. The highest BCUT2D eigenvalue weighted by molar-refractivity contribution is 4.88. The van der Waals surface area contributed by atoms with Crippen molar-refractivity contribution in [1.82, 2.24) is 10.2 Å². The summed E-state index contributed by atoms with van der Waals surface area (Å²) >= 11 is 0. The number of rotatable bonds is 8. The van der Waals surface area contributed by atoms with Crippen LogP contribution < -0.4 is 5.32 Å². The van der Waals surface area contributed by atoms with E-state index in [1.54, 1.807) is 7.11 Å². The lowest BCUT2D eigenvalue weighted by Gasteiger charge is -2.42. The standard InChI is InChI=1S/C14H30N2O2/c1-5-7-15-13-6-9-18-11-14(13)16(12(2)3)8-10-17-4/h12-15H,5-11H2,1-4H3. The van der Waals surface area contributed by atoms with Crippen molar-refractivity contribution in [2.24, 2.45) is 0 Å². The summed E-state index contributed by atoms with van der Waals surface area (Å²) in [6.07, 6.45) is 2.30. The van der Waals surface area contributed by atoms with Crippen LogP contribution in [0.25, 0.3) is 0 Å². The summed E-state index contributed by atoms with van der Waals surface area (Å²) in [5.41, 5.74) is 0. The molecule has 0 spiro atoms. The lowest BCUT2D eigenvalue weighted by Crippen LogP contribution is -2.58. The maximum Gasteiger partial charge on any atom is 0.0637 e. The van der Waals surface area contributed by atoms with Crippen LogP contribution in [0.2, 0.25) is 0 Å². The molecule has 1 heterocycles. The van der Waals surface area contributed by atoms with Crippen LogP contribution in [0.3, 0.4) is 0 Å². The molecule has 108 valence electrons. The van der Waals surface area contributed by atoms with Gasteiger partial charge in [-0.15, -0.1) is 0 Å². The molecule has 1 fully saturated rings. The Morgan fingerprint density at radius 1 is 1.44 bits per heavy atom. The molecule has 0 amide bonds. The fourth-order valence-corrected chi connectivity index (χ4v) is 2.62. The van der Waals surface area contributed by atoms with Gasteiger partial charge in [-0.3, -0.25) is 4.90 Å². The third-order valence-electron chi connectivity index (χ3n) is 3.63. The van der Waals surface area contributed by atoms with Crippen molar-refractivity contribution in [1.29, 1.82) is 0 Å². The number of ether oxygens (including phenoxy) is 2. The van der Waals surface area contributed by atoms with Crippen molar-refractivity contribution in [2.75, 3.05) is 40.0 Å². The minimum absolute atomic E-state index is 0.473. The van der Waals surface area contributed by atoms with E-state index in [2.05, 4.69) is 31.0 Å². The molecule has 18 heavy (non-hydrogen) atoms. The number of hydrogen-bond donors (Lipinski definition) is 1. The van der Waals surface area contributed by atoms with E-state index in [1.807, 2.05) is 0 Å². The van der Waals surface area contributed by atoms with E-state index in [0.717, 1.165) is 39.3 Å². The van der Waals surface area contributed by atoms with Gasteiger partial charge >= 0.3 is 0 Å². The molecule has 2 atom stereocenters. The van der Waals surface area contributed by atoms with E-state index < -0.39 is 0 Å². The first kappa shape index (κ1) is 15.9. The van der Waals surface area contributed by atoms with Crippen LogP contribution in [-0.4, -0.2) is 63.0 Å². The van der Waals surface area contributed by atoms with Gasteiger partial charge in [0.1, 0.15) is 0 Å². The molecule has 0 aromatic rings. The Morgan fingerprint density at radius 2 is 2.22 bits per heavy atom. The molecule has 4 nitrogen and oxygen atoms in total. The first-order valence-corrected chi connectivity index (χ1v) is 7.26. The van der Waals surface area contributed by atoms with Gasteiger partial charge in [0.25, 0.3) is 0 Å². The molecule has 0 aliphatic carbocycles. The van der Waals surface area contributed by atoms with Crippen LogP contribution in [-0.2, 0) is 9.47 Å². The van der Waals surface area contributed by atoms with E-state index in [9.17, 15) is 0 Å². The van der Waals surface area contributed by atoms with Gasteiger partial charge < -0.3 is 14.8 Å². The highest BCUT2D eigenvalue weighted by atomic mass is 16.5. The first-order valence-electron chi connectivity index (χ1n) is 7.26. The largest absolute Gasteiger partial charge is 0.383 e. The second-order valence-electron chi connectivity index (χ2n) is 5.32. The topological polar surface area (TPSA) is 33.7 Å². The highest BCUT2D eigenvalue weighted by Crippen LogP contribution is 2.17. The third-order valence-corrected chi connectivity index (χ3v) is 3.63. The normalized spacial score (nSPS) is 25.0. The van der Waals surface area contributed by atoms with Gasteiger partial charge in [-0.1, -0.05) is 6.92 Å². The molecular weight excluding hydrogens is 228 g/mol. The zero-order chi connectivity index (χ0) is 13.4. The molecule has 0 radical (unpaired) electrons. The summed E-state index contributed by atoms with van der Waals surface area (Å²) in [6, 6.07) is 1.55. The third kappa shape index (κ3) is 4.84. The Balaban J connectivity index is 2.59. The fraction of sp³-hybridized carbons (Fsp3) is 1.00. The number of nitrogens with one attached hydrogen (secondary N) is 1. The van der Waals surface area contributed by atoms with Crippen LogP contribution >= 0.6 is 0 Å². The quantitative estimate of drug-likeness (QED) is 0.715. The van der Waals surface area contributed by atoms with Crippen molar-refractivity contribution < 1.29 is 9.47 Å². The second kappa shape index (κ2) is 8.86. The molecule has 0 aromatic carbocycles. The van der Waals surface area contributed by atoms with Crippen LogP contribution in [0.4, 0.5) is 0 Å². The van der Waals surface area contributed by atoms with Crippen LogP contribution in [0.5, 0.6) is 0 Å². The predicted octanol–water partition coefficient (Wildman–Crippen LogP) is 1.50. The van der Waals surface area contributed by atoms with Gasteiger partial charge in [-0.05, 0) is 33.2 Å². The van der Waals surface area contributed by atoms with Crippen molar-refractivity contribution in [2.45, 2.75) is 51.7 Å². The average molecular weight is 258 g/mol. The van der Waals surface area contributed by atoms with Crippen LogP contribution in [0, 0.1) is 0 Å². The van der Waals surface area contributed by atoms with Crippen molar-refractivity contribution in [3.63, 3.8) is 0 Å². The Labute approximate surface area is 112 Å². The summed E-state index contributed by atoms with van der Waals surface area (Å²) in [6.45, 7) is 11.3. The highest BCUT2D eigenvalue weighted by Gasteiger charge is 2.31. The van der Waals surface area contributed by atoms with E-state index in [0.29, 0.717) is 18.1 Å². The predicted molar refractivity (Wildman–Crippen MR) is 75.0 cm³/mol. The van der Waals surface area contributed by atoms with E-state index in [-0.39, 0.29) is 0 Å². The Hall–Kier alpha value is -0.160. The van der Waals surface area contributed by atoms with Crippen molar-refractivity contribution in [3.8, 4) is 0 Å². The van der Waals surface area contributed by atoms with Gasteiger partial charge in [-0.2, -0.15) is 0 Å². The van der Waals surface area contributed by atoms with Crippen molar-refractivity contribution in [3.05, 3.63) is 0 Å². The fourth-order valence-electron chi connectivity index (χ4n) is 2.62. The molecular formula is C14H30N2O2. The van der Waals surface area contributed by atoms with Gasteiger partial charge in [0.2, 0.25) is 0 Å². The monoisotopic (exact) mass is 258 g/mol. The van der Waals surface area contributed by atoms with E-state index in [4.69, 9.17) is 9.47 Å². The molecule has 1 rings (SSSR count). The average Bonchev–Trinajstić information content (AvgIpc) is 2.37. The SMILES string of the molecule is CCCNC1CCOCC1N(CCOC)C(C)C. The second-order valence-corrected chi connectivity index (χ2v) is 5.32. The Kier molecular flexibility index (Phi) is 7.82. The first-order chi connectivity index (χ1) is 8.70. The summed E-state index contributed by atoms with van der Waals surface area (Å²) in [5, 5.41) is 3.67. The lowest BCUT2D eigenvalue weighted by atomic mass is 10.00. The zero-order valence-electron chi connectivity index (χ0n) is 12.4. The molecule has 4 heteroatoms.